The Labute approximate surface area is 195 Å². The Morgan fingerprint density at radius 3 is 2.63 bits per heavy atom. The van der Waals surface area contributed by atoms with E-state index < -0.39 is 11.7 Å². The van der Waals surface area contributed by atoms with Gasteiger partial charge in [-0.3, -0.25) is 4.79 Å². The van der Waals surface area contributed by atoms with Crippen molar-refractivity contribution in [3.63, 3.8) is 0 Å². The summed E-state index contributed by atoms with van der Waals surface area (Å²) < 4.78 is 38.7. The summed E-state index contributed by atoms with van der Waals surface area (Å²) in [4.78, 5) is 21.9. The van der Waals surface area contributed by atoms with Crippen molar-refractivity contribution < 1.29 is 18.0 Å². The third kappa shape index (κ3) is 8.46. The van der Waals surface area contributed by atoms with E-state index in [0.717, 1.165) is 17.1 Å². The molecule has 30 heavy (non-hydrogen) atoms. The number of aromatic nitrogens is 1. The smallest absolute Gasteiger partial charge is 0.356 e. The number of aliphatic imine (C=N–C) groups is 1. The summed E-state index contributed by atoms with van der Waals surface area (Å²) in [5.74, 6) is 0.313. The molecule has 166 valence electrons. The van der Waals surface area contributed by atoms with Crippen molar-refractivity contribution in [1.82, 2.24) is 20.5 Å². The highest BCUT2D eigenvalue weighted by Gasteiger charge is 2.30. The van der Waals surface area contributed by atoms with Crippen LogP contribution >= 0.6 is 35.3 Å². The normalized spacial score (nSPS) is 12.7. The van der Waals surface area contributed by atoms with Crippen molar-refractivity contribution in [2.75, 3.05) is 27.2 Å². The summed E-state index contributed by atoms with van der Waals surface area (Å²) in [6, 6.07) is 5.04. The molecule has 1 unspecified atom stereocenters. The maximum Gasteiger partial charge on any atom is 0.416 e. The van der Waals surface area contributed by atoms with E-state index in [0.29, 0.717) is 18.1 Å². The molecule has 0 aliphatic rings. The predicted molar refractivity (Wildman–Crippen MR) is 123 cm³/mol. The second kappa shape index (κ2) is 12.1. The number of carbonyl (C=O) groups excluding carboxylic acids is 1. The summed E-state index contributed by atoms with van der Waals surface area (Å²) >= 11 is 1.54. The standard InChI is InChI=1S/C19H24F3N5OS.HI/c1-13(17-23-7-8-29-17)10-24-18(26-12-16(28)27(2)3)25-11-14-5-4-6-15(9-14)19(20,21)22;/h4-9,13H,10-12H2,1-3H3,(H2,24,25,26);1H. The van der Waals surface area contributed by atoms with E-state index in [2.05, 4.69) is 20.6 Å². The van der Waals surface area contributed by atoms with Crippen molar-refractivity contribution in [3.05, 3.63) is 52.0 Å². The lowest BCUT2D eigenvalue weighted by Crippen LogP contribution is -2.43. The zero-order valence-electron chi connectivity index (χ0n) is 16.9. The molecule has 0 radical (unpaired) electrons. The van der Waals surface area contributed by atoms with E-state index in [1.807, 2.05) is 12.3 Å². The number of rotatable bonds is 7. The molecule has 2 N–H and O–H groups in total. The van der Waals surface area contributed by atoms with Crippen LogP contribution in [0.5, 0.6) is 0 Å². The van der Waals surface area contributed by atoms with Crippen LogP contribution < -0.4 is 10.6 Å². The van der Waals surface area contributed by atoms with Crippen LogP contribution in [0.1, 0.15) is 29.0 Å². The maximum absolute atomic E-state index is 12.9. The number of nitrogens with one attached hydrogen (secondary N) is 2. The minimum Gasteiger partial charge on any atom is -0.356 e. The van der Waals surface area contributed by atoms with Crippen molar-refractivity contribution in [2.24, 2.45) is 4.99 Å². The summed E-state index contributed by atoms with van der Waals surface area (Å²) in [5.41, 5.74) is -0.291. The summed E-state index contributed by atoms with van der Waals surface area (Å²) in [6.07, 6.45) is -2.67. The van der Waals surface area contributed by atoms with Gasteiger partial charge in [-0.15, -0.1) is 35.3 Å². The van der Waals surface area contributed by atoms with Gasteiger partial charge < -0.3 is 15.5 Å². The Hall–Kier alpha value is -1.89. The van der Waals surface area contributed by atoms with Gasteiger partial charge in [-0.05, 0) is 17.7 Å². The molecule has 11 heteroatoms. The minimum atomic E-state index is -4.40. The van der Waals surface area contributed by atoms with E-state index in [9.17, 15) is 18.0 Å². The van der Waals surface area contributed by atoms with Gasteiger partial charge in [0.05, 0.1) is 23.7 Å². The number of carbonyl (C=O) groups is 1. The predicted octanol–water partition coefficient (Wildman–Crippen LogP) is 3.71. The molecule has 1 atom stereocenters. The molecule has 0 saturated carbocycles. The van der Waals surface area contributed by atoms with E-state index in [4.69, 9.17) is 0 Å². The number of likely N-dealkylation sites (N-methyl/N-ethyl adjacent to an activating group) is 1. The first kappa shape index (κ1) is 26.1. The number of benzene rings is 1. The average molecular weight is 555 g/mol. The number of alkyl halides is 3. The van der Waals surface area contributed by atoms with Crippen molar-refractivity contribution >= 4 is 47.2 Å². The molecule has 2 aromatic rings. The number of hydrogen-bond donors (Lipinski definition) is 2. The lowest BCUT2D eigenvalue weighted by molar-refractivity contribution is -0.137. The van der Waals surface area contributed by atoms with E-state index in [1.165, 1.54) is 11.0 Å². The Balaban J connectivity index is 0.00000450. The Bertz CT molecular complexity index is 828. The van der Waals surface area contributed by atoms with Crippen molar-refractivity contribution in [3.8, 4) is 0 Å². The molecule has 6 nitrogen and oxygen atoms in total. The molecule has 0 aliphatic heterocycles. The quantitative estimate of drug-likeness (QED) is 0.311. The number of amides is 1. The van der Waals surface area contributed by atoms with E-state index >= 15 is 0 Å². The van der Waals surface area contributed by atoms with Gasteiger partial charge in [0.1, 0.15) is 0 Å². The minimum absolute atomic E-state index is 0. The fourth-order valence-electron chi connectivity index (χ4n) is 2.32. The van der Waals surface area contributed by atoms with Gasteiger partial charge >= 0.3 is 6.18 Å². The van der Waals surface area contributed by atoms with Crippen molar-refractivity contribution in [1.29, 1.82) is 0 Å². The molecule has 0 fully saturated rings. The molecule has 0 bridgehead atoms. The van der Waals surface area contributed by atoms with Gasteiger partial charge in [-0.1, -0.05) is 19.1 Å². The third-order valence-corrected chi connectivity index (χ3v) is 5.04. The van der Waals surface area contributed by atoms with Crippen LogP contribution in [0.3, 0.4) is 0 Å². The van der Waals surface area contributed by atoms with Crippen LogP contribution in [0, 0.1) is 0 Å². The number of thiazole rings is 1. The second-order valence-corrected chi connectivity index (χ2v) is 7.58. The van der Waals surface area contributed by atoms with Crippen LogP contribution in [0.2, 0.25) is 0 Å². The fraction of sp³-hybridized carbons (Fsp3) is 0.421. The van der Waals surface area contributed by atoms with E-state index in [-0.39, 0.29) is 48.9 Å². The molecule has 1 heterocycles. The largest absolute Gasteiger partial charge is 0.416 e. The fourth-order valence-corrected chi connectivity index (χ4v) is 3.02. The lowest BCUT2D eigenvalue weighted by atomic mass is 10.1. The van der Waals surface area contributed by atoms with Gasteiger partial charge in [-0.25, -0.2) is 9.98 Å². The third-order valence-electron chi connectivity index (χ3n) is 4.03. The van der Waals surface area contributed by atoms with Crippen molar-refractivity contribution in [2.45, 2.75) is 25.6 Å². The topological polar surface area (TPSA) is 69.6 Å². The number of hydrogen-bond acceptors (Lipinski definition) is 4. The van der Waals surface area contributed by atoms with Gasteiger partial charge in [0.2, 0.25) is 5.91 Å². The molecule has 2 rings (SSSR count). The zero-order valence-corrected chi connectivity index (χ0v) is 20.0. The first-order valence-corrected chi connectivity index (χ1v) is 9.82. The van der Waals surface area contributed by atoms with Crippen LogP contribution in [0.25, 0.3) is 0 Å². The monoisotopic (exact) mass is 555 g/mol. The second-order valence-electron chi connectivity index (χ2n) is 6.66. The van der Waals surface area contributed by atoms with E-state index in [1.54, 1.807) is 37.7 Å². The molecule has 0 saturated heterocycles. The average Bonchev–Trinajstić information content (AvgIpc) is 3.21. The Kier molecular flexibility index (Phi) is 10.5. The van der Waals surface area contributed by atoms with Gasteiger partial charge in [0.15, 0.2) is 5.96 Å². The first-order valence-electron chi connectivity index (χ1n) is 8.94. The zero-order chi connectivity index (χ0) is 21.4. The highest BCUT2D eigenvalue weighted by Crippen LogP contribution is 2.29. The molecule has 1 aromatic carbocycles. The van der Waals surface area contributed by atoms with Gasteiger partial charge in [-0.2, -0.15) is 13.2 Å². The number of guanidine groups is 1. The van der Waals surface area contributed by atoms with Crippen LogP contribution in [0.4, 0.5) is 13.2 Å². The number of halogens is 4. The van der Waals surface area contributed by atoms with Crippen LogP contribution in [-0.4, -0.2) is 48.9 Å². The molecule has 1 amide bonds. The first-order chi connectivity index (χ1) is 13.7. The Morgan fingerprint density at radius 1 is 1.30 bits per heavy atom. The van der Waals surface area contributed by atoms with Crippen LogP contribution in [-0.2, 0) is 17.5 Å². The summed E-state index contributed by atoms with van der Waals surface area (Å²) in [6.45, 7) is 2.58. The SMILES string of the molecule is CC(CNC(=NCc1cccc(C(F)(F)F)c1)NCC(=O)N(C)C)c1nccs1.I. The maximum atomic E-state index is 12.9. The summed E-state index contributed by atoms with van der Waals surface area (Å²) in [5, 5.41) is 8.90. The molecule has 0 aliphatic carbocycles. The Morgan fingerprint density at radius 2 is 2.03 bits per heavy atom. The van der Waals surface area contributed by atoms with Crippen LogP contribution in [0.15, 0.2) is 40.8 Å². The lowest BCUT2D eigenvalue weighted by Gasteiger charge is -2.17. The van der Waals surface area contributed by atoms with Gasteiger partial charge in [0, 0.05) is 38.1 Å². The molecule has 0 spiro atoms. The number of nitrogens with zero attached hydrogens (tertiary/aromatic N) is 3. The summed E-state index contributed by atoms with van der Waals surface area (Å²) in [7, 11) is 3.28. The highest BCUT2D eigenvalue weighted by molar-refractivity contribution is 14.0. The molecular weight excluding hydrogens is 530 g/mol. The molecular formula is C19H25F3IN5OS. The molecule has 1 aromatic heterocycles. The highest BCUT2D eigenvalue weighted by atomic mass is 127. The van der Waals surface area contributed by atoms with Gasteiger partial charge in [0.25, 0.3) is 0 Å².